The van der Waals surface area contributed by atoms with E-state index >= 15 is 0 Å². The number of imidazole rings is 1. The minimum atomic E-state index is -0.328. The average Bonchev–Trinajstić information content (AvgIpc) is 2.64. The first-order valence-corrected chi connectivity index (χ1v) is 5.37. The minimum absolute atomic E-state index is 0.296. The molecule has 78 valence electrons. The van der Waals surface area contributed by atoms with E-state index in [4.69, 9.17) is 5.73 Å². The van der Waals surface area contributed by atoms with Gasteiger partial charge in [0.05, 0.1) is 6.04 Å². The first kappa shape index (κ1) is 11.1. The molecule has 1 amide bonds. The highest BCUT2D eigenvalue weighted by Gasteiger charge is 2.14. The predicted molar refractivity (Wildman–Crippen MR) is 56.0 cm³/mol. The van der Waals surface area contributed by atoms with Crippen LogP contribution in [-0.4, -0.2) is 34.2 Å². The van der Waals surface area contributed by atoms with Crippen LogP contribution in [0, 0.1) is 0 Å². The smallest absolute Gasteiger partial charge is 0.235 e. The van der Waals surface area contributed by atoms with Crippen molar-refractivity contribution in [1.29, 1.82) is 0 Å². The van der Waals surface area contributed by atoms with Gasteiger partial charge in [-0.15, -0.1) is 0 Å². The van der Waals surface area contributed by atoms with Crippen molar-refractivity contribution in [3.8, 4) is 0 Å². The van der Waals surface area contributed by atoms with Gasteiger partial charge in [0.1, 0.15) is 0 Å². The third-order valence-corrected chi connectivity index (χ3v) is 2.65. The molecule has 0 saturated carbocycles. The van der Waals surface area contributed by atoms with Gasteiger partial charge >= 0.3 is 0 Å². The highest BCUT2D eigenvalue weighted by atomic mass is 32.2. The molecule has 0 radical (unpaired) electrons. The summed E-state index contributed by atoms with van der Waals surface area (Å²) in [5.41, 5.74) is 5.22. The van der Waals surface area contributed by atoms with Crippen LogP contribution in [0.25, 0.3) is 0 Å². The second-order valence-electron chi connectivity index (χ2n) is 2.72. The standard InChI is InChI=1S/C8H14N4OS/c1-2-10-6(7(9)13)5-14-8-11-3-4-12-8/h3-4,6,10H,2,5H2,1H3,(H2,9,13)(H,11,12). The molecule has 1 aromatic rings. The molecule has 1 aromatic heterocycles. The van der Waals surface area contributed by atoms with Crippen LogP contribution in [0.2, 0.25) is 0 Å². The SMILES string of the molecule is CCNC(CSc1ncc[nH]1)C(N)=O. The number of likely N-dealkylation sites (N-methyl/N-ethyl adjacent to an activating group) is 1. The number of primary amides is 1. The minimum Gasteiger partial charge on any atom is -0.368 e. The lowest BCUT2D eigenvalue weighted by molar-refractivity contribution is -0.119. The Morgan fingerprint density at radius 3 is 3.14 bits per heavy atom. The van der Waals surface area contributed by atoms with Crippen molar-refractivity contribution in [3.63, 3.8) is 0 Å². The molecule has 0 aliphatic rings. The second kappa shape index (κ2) is 5.66. The van der Waals surface area contributed by atoms with E-state index in [1.807, 2.05) is 6.92 Å². The number of H-pyrrole nitrogens is 1. The first-order chi connectivity index (χ1) is 6.74. The highest BCUT2D eigenvalue weighted by molar-refractivity contribution is 7.99. The normalized spacial score (nSPS) is 12.6. The molecule has 1 rings (SSSR count). The van der Waals surface area contributed by atoms with Crippen LogP contribution in [0.5, 0.6) is 0 Å². The van der Waals surface area contributed by atoms with Crippen molar-refractivity contribution < 1.29 is 4.79 Å². The van der Waals surface area contributed by atoms with Gasteiger partial charge in [0.2, 0.25) is 5.91 Å². The molecular weight excluding hydrogens is 200 g/mol. The number of thioether (sulfide) groups is 1. The van der Waals surface area contributed by atoms with Crippen LogP contribution in [0.1, 0.15) is 6.92 Å². The number of amides is 1. The largest absolute Gasteiger partial charge is 0.368 e. The Hall–Kier alpha value is -1.01. The lowest BCUT2D eigenvalue weighted by Crippen LogP contribution is -2.43. The number of carbonyl (C=O) groups is 1. The van der Waals surface area contributed by atoms with Crippen LogP contribution in [-0.2, 0) is 4.79 Å². The van der Waals surface area contributed by atoms with E-state index in [1.165, 1.54) is 11.8 Å². The zero-order valence-corrected chi connectivity index (χ0v) is 8.80. The Balaban J connectivity index is 2.37. The molecule has 1 atom stereocenters. The zero-order chi connectivity index (χ0) is 10.4. The molecule has 1 heterocycles. The van der Waals surface area contributed by atoms with Crippen molar-refractivity contribution in [2.24, 2.45) is 5.73 Å². The van der Waals surface area contributed by atoms with E-state index in [-0.39, 0.29) is 11.9 Å². The van der Waals surface area contributed by atoms with Crippen LogP contribution in [0.4, 0.5) is 0 Å². The number of hydrogen-bond acceptors (Lipinski definition) is 4. The van der Waals surface area contributed by atoms with Crippen LogP contribution < -0.4 is 11.1 Å². The Morgan fingerprint density at radius 1 is 1.86 bits per heavy atom. The summed E-state index contributed by atoms with van der Waals surface area (Å²) in [4.78, 5) is 17.9. The van der Waals surface area contributed by atoms with Crippen molar-refractivity contribution in [1.82, 2.24) is 15.3 Å². The average molecular weight is 214 g/mol. The molecular formula is C8H14N4OS. The number of aromatic amines is 1. The lowest BCUT2D eigenvalue weighted by Gasteiger charge is -2.12. The summed E-state index contributed by atoms with van der Waals surface area (Å²) in [7, 11) is 0. The van der Waals surface area contributed by atoms with Crippen molar-refractivity contribution >= 4 is 17.7 Å². The zero-order valence-electron chi connectivity index (χ0n) is 7.99. The number of rotatable bonds is 6. The van der Waals surface area contributed by atoms with Gasteiger partial charge in [-0.25, -0.2) is 4.98 Å². The van der Waals surface area contributed by atoms with Crippen molar-refractivity contribution in [2.45, 2.75) is 18.1 Å². The molecule has 0 fully saturated rings. The molecule has 0 bridgehead atoms. The van der Waals surface area contributed by atoms with Gasteiger partial charge in [0.15, 0.2) is 5.16 Å². The summed E-state index contributed by atoms with van der Waals surface area (Å²) in [6.07, 6.45) is 3.42. The van der Waals surface area contributed by atoms with Gasteiger partial charge in [-0.3, -0.25) is 4.79 Å². The molecule has 0 aliphatic carbocycles. The highest BCUT2D eigenvalue weighted by Crippen LogP contribution is 2.12. The number of nitrogens with zero attached hydrogens (tertiary/aromatic N) is 1. The van der Waals surface area contributed by atoms with Gasteiger partial charge < -0.3 is 16.0 Å². The topological polar surface area (TPSA) is 83.8 Å². The monoisotopic (exact) mass is 214 g/mol. The number of nitrogens with two attached hydrogens (primary N) is 1. The van der Waals surface area contributed by atoms with Gasteiger partial charge in [-0.05, 0) is 6.54 Å². The van der Waals surface area contributed by atoms with Gasteiger partial charge in [0.25, 0.3) is 0 Å². The number of nitrogens with one attached hydrogen (secondary N) is 2. The molecule has 0 spiro atoms. The Kier molecular flexibility index (Phi) is 4.48. The van der Waals surface area contributed by atoms with E-state index in [0.717, 1.165) is 11.7 Å². The fraction of sp³-hybridized carbons (Fsp3) is 0.500. The van der Waals surface area contributed by atoms with E-state index in [1.54, 1.807) is 12.4 Å². The number of hydrogen-bond donors (Lipinski definition) is 3. The van der Waals surface area contributed by atoms with E-state index in [2.05, 4.69) is 15.3 Å². The summed E-state index contributed by atoms with van der Waals surface area (Å²) in [5, 5.41) is 3.81. The molecule has 4 N–H and O–H groups in total. The van der Waals surface area contributed by atoms with Crippen LogP contribution >= 0.6 is 11.8 Å². The summed E-state index contributed by atoms with van der Waals surface area (Å²) < 4.78 is 0. The maximum atomic E-state index is 11.0. The van der Waals surface area contributed by atoms with Crippen molar-refractivity contribution in [2.75, 3.05) is 12.3 Å². The summed E-state index contributed by atoms with van der Waals surface area (Å²) in [6, 6.07) is -0.296. The van der Waals surface area contributed by atoms with Gasteiger partial charge in [-0.1, -0.05) is 18.7 Å². The van der Waals surface area contributed by atoms with E-state index < -0.39 is 0 Å². The fourth-order valence-electron chi connectivity index (χ4n) is 0.980. The number of carbonyl (C=O) groups excluding carboxylic acids is 1. The Morgan fingerprint density at radius 2 is 2.64 bits per heavy atom. The summed E-state index contributed by atoms with van der Waals surface area (Å²) >= 11 is 1.47. The summed E-state index contributed by atoms with van der Waals surface area (Å²) in [6.45, 7) is 2.67. The Bertz CT molecular complexity index is 275. The van der Waals surface area contributed by atoms with Crippen LogP contribution in [0.3, 0.4) is 0 Å². The maximum absolute atomic E-state index is 11.0. The van der Waals surface area contributed by atoms with E-state index in [0.29, 0.717) is 5.75 Å². The van der Waals surface area contributed by atoms with Gasteiger partial charge in [0, 0.05) is 18.1 Å². The van der Waals surface area contributed by atoms with Crippen molar-refractivity contribution in [3.05, 3.63) is 12.4 Å². The second-order valence-corrected chi connectivity index (χ2v) is 3.73. The molecule has 5 nitrogen and oxygen atoms in total. The number of aromatic nitrogens is 2. The maximum Gasteiger partial charge on any atom is 0.235 e. The molecule has 14 heavy (non-hydrogen) atoms. The fourth-order valence-corrected chi connectivity index (χ4v) is 1.87. The Labute approximate surface area is 86.9 Å². The molecule has 6 heteroatoms. The van der Waals surface area contributed by atoms with Crippen LogP contribution in [0.15, 0.2) is 17.6 Å². The lowest BCUT2D eigenvalue weighted by atomic mass is 10.3. The molecule has 1 unspecified atom stereocenters. The molecule has 0 aliphatic heterocycles. The van der Waals surface area contributed by atoms with E-state index in [9.17, 15) is 4.79 Å². The first-order valence-electron chi connectivity index (χ1n) is 4.39. The quantitative estimate of drug-likeness (QED) is 0.580. The third-order valence-electron chi connectivity index (χ3n) is 1.65. The van der Waals surface area contributed by atoms with Gasteiger partial charge in [-0.2, -0.15) is 0 Å². The predicted octanol–water partition coefficient (Wildman–Crippen LogP) is -0.0348. The molecule has 0 saturated heterocycles. The molecule has 0 aromatic carbocycles. The summed E-state index contributed by atoms with van der Waals surface area (Å²) in [5.74, 6) is 0.266. The third kappa shape index (κ3) is 3.39.